The highest BCUT2D eigenvalue weighted by molar-refractivity contribution is 7.46. The van der Waals surface area contributed by atoms with Gasteiger partial charge in [0.1, 0.15) is 23.9 Å². The van der Waals surface area contributed by atoms with Crippen molar-refractivity contribution in [1.29, 1.82) is 0 Å². The average Bonchev–Trinajstić information content (AvgIpc) is 2.88. The summed E-state index contributed by atoms with van der Waals surface area (Å²) in [6.45, 7) is 5.28. The van der Waals surface area contributed by atoms with Gasteiger partial charge < -0.3 is 41.3 Å². The van der Waals surface area contributed by atoms with Gasteiger partial charge in [0.15, 0.2) is 0 Å². The summed E-state index contributed by atoms with van der Waals surface area (Å²) < 4.78 is 15.4. The zero-order valence-corrected chi connectivity index (χ0v) is 25.7. The second-order valence-electron chi connectivity index (χ2n) is 10.5. The molecule has 18 heteroatoms. The molecule has 0 unspecified atom stereocenters. The first-order valence-corrected chi connectivity index (χ1v) is 15.0. The summed E-state index contributed by atoms with van der Waals surface area (Å²) in [5.74, 6) is -5.59. The molecule has 0 aliphatic heterocycles. The molecule has 246 valence electrons. The number of aliphatic hydroxyl groups excluding tert-OH is 1. The van der Waals surface area contributed by atoms with E-state index < -0.39 is 86.9 Å². The number of phosphoric acid groups is 1. The standard InChI is InChI=1S/C26H40N5O12P/c1-14(2)11-20(24(27)37)29-26(39)23(15(3)32)30-25(38)19(9-10-22(35)36)28-21(34)13-31(16(4)33)12-17-5-7-18(8-6-17)43-44(40,41)42/h5-8,14-15,19-20,23,32H,9-13H2,1-4H3,(H2,27,37)(H,28,34)(H,29,39)(H,30,38)(H,35,36)(H2,40,41,42)/t15-,19+,20+,23+/m1/s1. The predicted molar refractivity (Wildman–Crippen MR) is 153 cm³/mol. The van der Waals surface area contributed by atoms with Gasteiger partial charge in [0.2, 0.25) is 29.5 Å². The van der Waals surface area contributed by atoms with Gasteiger partial charge in [-0.2, -0.15) is 0 Å². The molecule has 5 amide bonds. The number of nitrogens with zero attached hydrogens (tertiary/aromatic N) is 1. The Bertz CT molecular complexity index is 1230. The largest absolute Gasteiger partial charge is 0.524 e. The maximum atomic E-state index is 13.1. The fraction of sp³-hybridized carbons (Fsp3) is 0.538. The van der Waals surface area contributed by atoms with Gasteiger partial charge in [-0.15, -0.1) is 0 Å². The van der Waals surface area contributed by atoms with Gasteiger partial charge in [0.25, 0.3) is 0 Å². The summed E-state index contributed by atoms with van der Waals surface area (Å²) in [6, 6.07) is 1.15. The molecule has 17 nitrogen and oxygen atoms in total. The monoisotopic (exact) mass is 645 g/mol. The fourth-order valence-electron chi connectivity index (χ4n) is 3.88. The summed E-state index contributed by atoms with van der Waals surface area (Å²) in [4.78, 5) is 92.9. The molecule has 0 radical (unpaired) electrons. The van der Waals surface area contributed by atoms with Crippen LogP contribution in [0.15, 0.2) is 24.3 Å². The topological polar surface area (TPSA) is 275 Å². The van der Waals surface area contributed by atoms with Gasteiger partial charge in [-0.25, -0.2) is 4.57 Å². The van der Waals surface area contributed by atoms with E-state index in [1.54, 1.807) is 13.8 Å². The Balaban J connectivity index is 3.03. The van der Waals surface area contributed by atoms with Crippen LogP contribution in [0.2, 0.25) is 0 Å². The molecule has 0 heterocycles. The number of primary amides is 1. The van der Waals surface area contributed by atoms with Crippen LogP contribution in [0.4, 0.5) is 0 Å². The van der Waals surface area contributed by atoms with Crippen molar-refractivity contribution in [3.05, 3.63) is 29.8 Å². The zero-order chi connectivity index (χ0) is 33.8. The van der Waals surface area contributed by atoms with Gasteiger partial charge in [-0.1, -0.05) is 26.0 Å². The van der Waals surface area contributed by atoms with E-state index in [1.165, 1.54) is 38.1 Å². The van der Waals surface area contributed by atoms with Crippen LogP contribution in [0.1, 0.15) is 52.5 Å². The minimum atomic E-state index is -4.78. The SMILES string of the molecule is CC(=O)N(CC(=O)N[C@@H](CCC(=O)O)C(=O)N[C@H](C(=O)N[C@@H](CC(C)C)C(N)=O)[C@@H](C)O)Cc1ccc(OP(=O)(O)O)cc1. The molecule has 44 heavy (non-hydrogen) atoms. The second kappa shape index (κ2) is 17.3. The number of aliphatic carboxylic acids is 1. The van der Waals surface area contributed by atoms with Crippen LogP contribution in [0, 0.1) is 5.92 Å². The molecular weight excluding hydrogens is 605 g/mol. The summed E-state index contributed by atoms with van der Waals surface area (Å²) in [5.41, 5.74) is 5.81. The van der Waals surface area contributed by atoms with E-state index in [0.717, 1.165) is 4.90 Å². The summed E-state index contributed by atoms with van der Waals surface area (Å²) >= 11 is 0. The van der Waals surface area contributed by atoms with Crippen molar-refractivity contribution >= 4 is 43.3 Å². The van der Waals surface area contributed by atoms with Crippen molar-refractivity contribution in [1.82, 2.24) is 20.9 Å². The quantitative estimate of drug-likeness (QED) is 0.0869. The molecule has 1 aromatic carbocycles. The average molecular weight is 646 g/mol. The fourth-order valence-corrected chi connectivity index (χ4v) is 4.28. The van der Waals surface area contributed by atoms with Gasteiger partial charge in [-0.3, -0.25) is 38.6 Å². The van der Waals surface area contributed by atoms with Crippen molar-refractivity contribution in [2.45, 2.75) is 77.7 Å². The number of phosphoric ester groups is 1. The number of hydrogen-bond donors (Lipinski definition) is 8. The first-order valence-electron chi connectivity index (χ1n) is 13.5. The maximum Gasteiger partial charge on any atom is 0.524 e. The lowest BCUT2D eigenvalue weighted by Gasteiger charge is -2.27. The molecule has 0 spiro atoms. The number of amides is 5. The van der Waals surface area contributed by atoms with Crippen molar-refractivity contribution in [2.24, 2.45) is 11.7 Å². The molecule has 1 rings (SSSR count). The lowest BCUT2D eigenvalue weighted by atomic mass is 10.0. The van der Waals surface area contributed by atoms with E-state index in [-0.39, 0.29) is 24.6 Å². The van der Waals surface area contributed by atoms with Crippen molar-refractivity contribution in [2.75, 3.05) is 6.54 Å². The summed E-state index contributed by atoms with van der Waals surface area (Å²) in [7, 11) is -4.78. The number of nitrogens with one attached hydrogen (secondary N) is 3. The molecule has 0 aliphatic carbocycles. The minimum Gasteiger partial charge on any atom is -0.481 e. The van der Waals surface area contributed by atoms with Crippen LogP contribution in [-0.2, 0) is 39.9 Å². The van der Waals surface area contributed by atoms with Crippen LogP contribution in [0.25, 0.3) is 0 Å². The minimum absolute atomic E-state index is 0.0289. The lowest BCUT2D eigenvalue weighted by molar-refractivity contribution is -0.139. The number of carboxylic acids is 1. The smallest absolute Gasteiger partial charge is 0.481 e. The zero-order valence-electron chi connectivity index (χ0n) is 24.8. The number of hydrogen-bond acceptors (Lipinski definition) is 9. The molecule has 9 N–H and O–H groups in total. The number of benzene rings is 1. The number of rotatable bonds is 18. The van der Waals surface area contributed by atoms with Crippen LogP contribution >= 0.6 is 7.82 Å². The highest BCUT2D eigenvalue weighted by Gasteiger charge is 2.32. The summed E-state index contributed by atoms with van der Waals surface area (Å²) in [6.07, 6.45) is -2.23. The van der Waals surface area contributed by atoms with Crippen LogP contribution in [-0.4, -0.2) is 91.2 Å². The third kappa shape index (κ3) is 14.4. The Morgan fingerprint density at radius 3 is 2.00 bits per heavy atom. The van der Waals surface area contributed by atoms with Gasteiger partial charge in [0.05, 0.1) is 12.6 Å². The van der Waals surface area contributed by atoms with Gasteiger partial charge >= 0.3 is 13.8 Å². The normalized spacial score (nSPS) is 14.0. The van der Waals surface area contributed by atoms with Crippen LogP contribution in [0.5, 0.6) is 5.75 Å². The van der Waals surface area contributed by atoms with E-state index in [2.05, 4.69) is 20.5 Å². The highest BCUT2D eigenvalue weighted by Crippen LogP contribution is 2.37. The van der Waals surface area contributed by atoms with E-state index in [4.69, 9.17) is 20.6 Å². The molecule has 0 fully saturated rings. The predicted octanol–water partition coefficient (Wildman–Crippen LogP) is -1.26. The Morgan fingerprint density at radius 1 is 0.955 bits per heavy atom. The van der Waals surface area contributed by atoms with Crippen LogP contribution < -0.4 is 26.2 Å². The molecule has 0 aromatic heterocycles. The molecule has 4 atom stereocenters. The number of carbonyl (C=O) groups excluding carboxylic acids is 5. The first kappa shape index (κ1) is 38.0. The molecule has 0 saturated carbocycles. The van der Waals surface area contributed by atoms with Gasteiger partial charge in [-0.05, 0) is 43.4 Å². The molecular formula is C26H40N5O12P. The van der Waals surface area contributed by atoms with E-state index in [0.29, 0.717) is 5.56 Å². The Kier molecular flexibility index (Phi) is 14.9. The summed E-state index contributed by atoms with van der Waals surface area (Å²) in [5, 5.41) is 26.3. The second-order valence-corrected chi connectivity index (χ2v) is 11.6. The van der Waals surface area contributed by atoms with Gasteiger partial charge in [0, 0.05) is 19.9 Å². The number of carboxylic acid groups (broad SMARTS) is 1. The Labute approximate surface area is 253 Å². The Morgan fingerprint density at radius 2 is 1.55 bits per heavy atom. The molecule has 0 saturated heterocycles. The highest BCUT2D eigenvalue weighted by atomic mass is 31.2. The van der Waals surface area contributed by atoms with E-state index in [1.807, 2.05) is 0 Å². The van der Waals surface area contributed by atoms with Crippen molar-refractivity contribution < 1.29 is 57.9 Å². The van der Waals surface area contributed by atoms with E-state index >= 15 is 0 Å². The third-order valence-corrected chi connectivity index (χ3v) is 6.48. The number of nitrogens with two attached hydrogens (primary N) is 1. The lowest BCUT2D eigenvalue weighted by Crippen LogP contribution is -2.60. The number of aliphatic hydroxyl groups is 1. The Hall–Kier alpha value is -4.05. The molecule has 0 aliphatic rings. The molecule has 1 aromatic rings. The maximum absolute atomic E-state index is 13.1. The molecule has 0 bridgehead atoms. The number of carbonyl (C=O) groups is 6. The first-order chi connectivity index (χ1) is 20.3. The van der Waals surface area contributed by atoms with Crippen molar-refractivity contribution in [3.8, 4) is 5.75 Å². The van der Waals surface area contributed by atoms with Crippen LogP contribution in [0.3, 0.4) is 0 Å². The van der Waals surface area contributed by atoms with Crippen molar-refractivity contribution in [3.63, 3.8) is 0 Å². The third-order valence-electron chi connectivity index (χ3n) is 6.03. The van der Waals surface area contributed by atoms with E-state index in [9.17, 15) is 38.4 Å².